The van der Waals surface area contributed by atoms with Crippen LogP contribution in [0.2, 0.25) is 0 Å². The topological polar surface area (TPSA) is 58.1 Å². The lowest BCUT2D eigenvalue weighted by Gasteiger charge is -2.28. The molecule has 2 aliphatic heterocycles. The van der Waals surface area contributed by atoms with Gasteiger partial charge in [0.05, 0.1) is 0 Å². The molecule has 6 nitrogen and oxygen atoms in total. The molecule has 29 heavy (non-hydrogen) atoms. The minimum absolute atomic E-state index is 0. The highest BCUT2D eigenvalue weighted by molar-refractivity contribution is 14.0. The van der Waals surface area contributed by atoms with Crippen molar-refractivity contribution in [1.29, 1.82) is 0 Å². The predicted molar refractivity (Wildman–Crippen MR) is 131 cm³/mol. The monoisotopic (exact) mass is 516 g/mol. The van der Waals surface area contributed by atoms with Crippen molar-refractivity contribution in [2.45, 2.75) is 38.6 Å². The van der Waals surface area contributed by atoms with E-state index >= 15 is 0 Å². The summed E-state index contributed by atoms with van der Waals surface area (Å²) in [4.78, 5) is 6.83. The summed E-state index contributed by atoms with van der Waals surface area (Å²) in [5, 5.41) is 6.86. The molecule has 0 aromatic heterocycles. The Bertz CT molecular complexity index is 623. The van der Waals surface area contributed by atoms with E-state index in [2.05, 4.69) is 51.7 Å². The fourth-order valence-corrected chi connectivity index (χ4v) is 3.94. The molecule has 1 aromatic carbocycles. The van der Waals surface area contributed by atoms with Gasteiger partial charge in [-0.25, -0.2) is 0 Å². The fourth-order valence-electron chi connectivity index (χ4n) is 3.94. The lowest BCUT2D eigenvalue weighted by atomic mass is 10.0. The summed E-state index contributed by atoms with van der Waals surface area (Å²) in [5.74, 6) is 1.54. The van der Waals surface area contributed by atoms with Crippen molar-refractivity contribution in [3.05, 3.63) is 29.8 Å². The molecule has 2 aliphatic rings. The summed E-state index contributed by atoms with van der Waals surface area (Å²) in [5.41, 5.74) is 2.83. The second kappa shape index (κ2) is 13.3. The molecule has 7 heteroatoms. The minimum atomic E-state index is 0. The number of fused-ring (bicyclic) bond motifs is 1. The number of hydrogen-bond donors (Lipinski definition) is 2. The quantitative estimate of drug-likeness (QED) is 0.229. The van der Waals surface area contributed by atoms with E-state index in [-0.39, 0.29) is 24.0 Å². The van der Waals surface area contributed by atoms with Crippen molar-refractivity contribution in [2.75, 3.05) is 58.0 Å². The van der Waals surface area contributed by atoms with E-state index in [4.69, 9.17) is 9.47 Å². The van der Waals surface area contributed by atoms with Gasteiger partial charge in [0.1, 0.15) is 0 Å². The zero-order valence-corrected chi connectivity index (χ0v) is 20.2. The van der Waals surface area contributed by atoms with Crippen LogP contribution in [-0.2, 0) is 15.9 Å². The molecule has 0 saturated carbocycles. The van der Waals surface area contributed by atoms with Crippen LogP contribution in [0.15, 0.2) is 29.3 Å². The van der Waals surface area contributed by atoms with Gasteiger partial charge in [-0.15, -0.1) is 24.0 Å². The van der Waals surface area contributed by atoms with E-state index in [9.17, 15) is 0 Å². The van der Waals surface area contributed by atoms with Gasteiger partial charge in [0.25, 0.3) is 0 Å². The molecule has 0 aliphatic carbocycles. The molecule has 0 radical (unpaired) electrons. The van der Waals surface area contributed by atoms with E-state index in [1.54, 1.807) is 0 Å². The average molecular weight is 516 g/mol. The number of rotatable bonds is 9. The van der Waals surface area contributed by atoms with Crippen LogP contribution < -0.4 is 15.5 Å². The standard InChI is InChI=1S/C22H36N4O2.HI/c1-18(26-12-8-20-6-3-4-7-21(20)26)16-25-22(23-2)24-11-5-13-28-17-19-9-14-27-15-10-19;/h3-4,6-7,18-19H,5,8-17H2,1-2H3,(H2,23,24,25);1H. The first-order valence-electron chi connectivity index (χ1n) is 10.7. The zero-order valence-electron chi connectivity index (χ0n) is 17.9. The van der Waals surface area contributed by atoms with Gasteiger partial charge in [0.2, 0.25) is 0 Å². The van der Waals surface area contributed by atoms with Gasteiger partial charge < -0.3 is 25.0 Å². The second-order valence-corrected chi connectivity index (χ2v) is 7.79. The largest absolute Gasteiger partial charge is 0.381 e. The molecular weight excluding hydrogens is 479 g/mol. The number of para-hydroxylation sites is 1. The maximum atomic E-state index is 5.83. The highest BCUT2D eigenvalue weighted by Gasteiger charge is 2.22. The zero-order chi connectivity index (χ0) is 19.6. The maximum absolute atomic E-state index is 5.83. The Hall–Kier alpha value is -1.06. The molecule has 2 heterocycles. The van der Waals surface area contributed by atoms with Crippen molar-refractivity contribution < 1.29 is 9.47 Å². The Morgan fingerprint density at radius 1 is 1.28 bits per heavy atom. The van der Waals surface area contributed by atoms with E-state index < -0.39 is 0 Å². The number of halogens is 1. The van der Waals surface area contributed by atoms with E-state index in [1.807, 2.05) is 7.05 Å². The summed E-state index contributed by atoms with van der Waals surface area (Å²) < 4.78 is 11.2. The average Bonchev–Trinajstić information content (AvgIpc) is 3.17. The number of hydrogen-bond acceptors (Lipinski definition) is 4. The van der Waals surface area contributed by atoms with Gasteiger partial charge in [-0.05, 0) is 50.2 Å². The molecule has 0 bridgehead atoms. The molecule has 1 aromatic rings. The van der Waals surface area contributed by atoms with Crippen molar-refractivity contribution >= 4 is 35.6 Å². The van der Waals surface area contributed by atoms with E-state index in [1.165, 1.54) is 11.3 Å². The molecule has 3 rings (SSSR count). The Kier molecular flexibility index (Phi) is 11.1. The van der Waals surface area contributed by atoms with Gasteiger partial charge in [0.15, 0.2) is 5.96 Å². The molecule has 1 fully saturated rings. The third kappa shape index (κ3) is 7.61. The van der Waals surface area contributed by atoms with Gasteiger partial charge in [0, 0.05) is 64.8 Å². The van der Waals surface area contributed by atoms with E-state index in [0.717, 1.165) is 77.7 Å². The van der Waals surface area contributed by atoms with Crippen LogP contribution >= 0.6 is 24.0 Å². The van der Waals surface area contributed by atoms with Gasteiger partial charge >= 0.3 is 0 Å². The molecule has 0 amide bonds. The molecule has 2 N–H and O–H groups in total. The van der Waals surface area contributed by atoms with Gasteiger partial charge in [-0.1, -0.05) is 18.2 Å². The Morgan fingerprint density at radius 3 is 2.86 bits per heavy atom. The number of guanidine groups is 1. The first-order valence-corrected chi connectivity index (χ1v) is 10.7. The number of anilines is 1. The SMILES string of the molecule is CN=C(NCCCOCC1CCOCC1)NCC(C)N1CCc2ccccc21.I. The minimum Gasteiger partial charge on any atom is -0.381 e. The first-order chi connectivity index (χ1) is 13.8. The van der Waals surface area contributed by atoms with Crippen LogP contribution in [0.4, 0.5) is 5.69 Å². The predicted octanol–water partition coefficient (Wildman–Crippen LogP) is 3.05. The lowest BCUT2D eigenvalue weighted by Crippen LogP contribution is -2.46. The van der Waals surface area contributed by atoms with Gasteiger partial charge in [-0.2, -0.15) is 0 Å². The van der Waals surface area contributed by atoms with Crippen molar-refractivity contribution in [3.63, 3.8) is 0 Å². The lowest BCUT2D eigenvalue weighted by molar-refractivity contribution is 0.0203. The summed E-state index contributed by atoms with van der Waals surface area (Å²) in [6, 6.07) is 9.14. The molecule has 0 spiro atoms. The Balaban J connectivity index is 0.00000300. The van der Waals surface area contributed by atoms with Crippen LogP contribution in [0.5, 0.6) is 0 Å². The van der Waals surface area contributed by atoms with Crippen LogP contribution in [0, 0.1) is 5.92 Å². The van der Waals surface area contributed by atoms with Crippen LogP contribution in [0.3, 0.4) is 0 Å². The number of nitrogens with one attached hydrogen (secondary N) is 2. The van der Waals surface area contributed by atoms with Crippen LogP contribution in [0.1, 0.15) is 31.7 Å². The summed E-state index contributed by atoms with van der Waals surface area (Å²) in [6.07, 6.45) is 4.39. The molecular formula is C22H37IN4O2. The summed E-state index contributed by atoms with van der Waals surface area (Å²) >= 11 is 0. The van der Waals surface area contributed by atoms with Crippen LogP contribution in [0.25, 0.3) is 0 Å². The molecule has 164 valence electrons. The Morgan fingerprint density at radius 2 is 2.07 bits per heavy atom. The number of nitrogens with zero attached hydrogens (tertiary/aromatic N) is 2. The fraction of sp³-hybridized carbons (Fsp3) is 0.682. The smallest absolute Gasteiger partial charge is 0.191 e. The second-order valence-electron chi connectivity index (χ2n) is 7.79. The highest BCUT2D eigenvalue weighted by Crippen LogP contribution is 2.28. The molecule has 1 atom stereocenters. The number of benzene rings is 1. The number of ether oxygens (including phenoxy) is 2. The van der Waals surface area contributed by atoms with E-state index in [0.29, 0.717) is 12.0 Å². The first kappa shape index (κ1) is 24.2. The maximum Gasteiger partial charge on any atom is 0.191 e. The third-order valence-electron chi connectivity index (χ3n) is 5.70. The van der Waals surface area contributed by atoms with Gasteiger partial charge in [-0.3, -0.25) is 4.99 Å². The van der Waals surface area contributed by atoms with Crippen molar-refractivity contribution in [1.82, 2.24) is 10.6 Å². The highest BCUT2D eigenvalue weighted by atomic mass is 127. The summed E-state index contributed by atoms with van der Waals surface area (Å²) in [7, 11) is 1.83. The Labute approximate surface area is 192 Å². The van der Waals surface area contributed by atoms with Crippen LogP contribution in [-0.4, -0.2) is 65.1 Å². The van der Waals surface area contributed by atoms with Crippen molar-refractivity contribution in [2.24, 2.45) is 10.9 Å². The normalized spacial score (nSPS) is 18.1. The molecule has 1 unspecified atom stereocenters. The third-order valence-corrected chi connectivity index (χ3v) is 5.70. The number of aliphatic imine (C=N–C) groups is 1. The summed E-state index contributed by atoms with van der Waals surface area (Å²) in [6.45, 7) is 8.54. The molecule has 1 saturated heterocycles. The van der Waals surface area contributed by atoms with Crippen molar-refractivity contribution in [3.8, 4) is 0 Å².